The molecule has 2 aliphatic heterocycles. The SMILES string of the molecule is O=C(Nc1ncnc2c1ncn2[C@@H]1O[C@H](COP(=O)([O-])CC2CCNC(C(=O)O)C2)C(O)[C@@H]1O)NC1CCCC1. The van der Waals surface area contributed by atoms with E-state index in [9.17, 15) is 34.4 Å². The van der Waals surface area contributed by atoms with Gasteiger partial charge in [0.25, 0.3) is 0 Å². The highest BCUT2D eigenvalue weighted by Gasteiger charge is 2.45. The molecule has 17 heteroatoms. The van der Waals surface area contributed by atoms with Gasteiger partial charge in [-0.25, -0.2) is 19.7 Å². The number of nitrogens with zero attached hydrogens (tertiary/aromatic N) is 4. The Morgan fingerprint density at radius 1 is 1.20 bits per heavy atom. The van der Waals surface area contributed by atoms with Gasteiger partial charge in [-0.1, -0.05) is 12.8 Å². The molecule has 0 radical (unpaired) electrons. The van der Waals surface area contributed by atoms with Gasteiger partial charge in [-0.05, 0) is 38.1 Å². The van der Waals surface area contributed by atoms with Gasteiger partial charge in [0.1, 0.15) is 38.3 Å². The summed E-state index contributed by atoms with van der Waals surface area (Å²) >= 11 is 0. The quantitative estimate of drug-likeness (QED) is 0.206. The summed E-state index contributed by atoms with van der Waals surface area (Å²) < 4.78 is 24.9. The van der Waals surface area contributed by atoms with E-state index in [0.717, 1.165) is 25.7 Å². The molecule has 2 saturated heterocycles. The molecule has 4 heterocycles. The molecule has 7 atom stereocenters. The summed E-state index contributed by atoms with van der Waals surface area (Å²) in [5, 5.41) is 38.8. The van der Waals surface area contributed by atoms with Crippen LogP contribution in [-0.2, 0) is 18.6 Å². The predicted octanol–water partition coefficient (Wildman–Crippen LogP) is -0.468. The standard InChI is InChI=1S/C23H34N7O9P/c31-17-15(8-38-40(36,37)9-12-5-6-24-14(7-12)22(33)34)39-21(18(17)32)30-11-27-16-19(25-10-26-20(16)30)29-23(35)28-13-3-1-2-4-13/h10-15,17-18,21,24,31-32H,1-9H2,(H,33,34)(H,36,37)(H2,25,26,28,29,35)/p-1/t12?,14?,15-,17?,18+,21-/m1/s1. The number of carbonyl (C=O) groups excluding carboxylic acids is 1. The Balaban J connectivity index is 1.21. The van der Waals surface area contributed by atoms with Crippen molar-refractivity contribution in [3.63, 3.8) is 0 Å². The minimum absolute atomic E-state index is 0.100. The fourth-order valence-electron chi connectivity index (χ4n) is 5.53. The summed E-state index contributed by atoms with van der Waals surface area (Å²) in [4.78, 5) is 48.8. The number of aliphatic carboxylic acids is 1. The van der Waals surface area contributed by atoms with E-state index in [2.05, 4.69) is 30.9 Å². The molecule has 4 unspecified atom stereocenters. The molecule has 0 bridgehead atoms. The molecule has 2 aromatic heterocycles. The van der Waals surface area contributed by atoms with Crippen LogP contribution in [0.1, 0.15) is 44.8 Å². The van der Waals surface area contributed by atoms with E-state index in [1.807, 2.05) is 0 Å². The zero-order valence-corrected chi connectivity index (χ0v) is 22.5. The Hall–Kier alpha value is -2.72. The molecule has 0 spiro atoms. The fraction of sp³-hybridized carbons (Fsp3) is 0.696. The third-order valence-electron chi connectivity index (χ3n) is 7.62. The summed E-state index contributed by atoms with van der Waals surface area (Å²) in [7, 11) is -4.40. The van der Waals surface area contributed by atoms with Gasteiger partial charge in [0.15, 0.2) is 23.2 Å². The van der Waals surface area contributed by atoms with Crippen LogP contribution in [0.15, 0.2) is 12.7 Å². The number of aromatic nitrogens is 4. The summed E-state index contributed by atoms with van der Waals surface area (Å²) in [6.07, 6.45) is 1.48. The van der Waals surface area contributed by atoms with E-state index in [1.165, 1.54) is 17.2 Å². The van der Waals surface area contributed by atoms with Gasteiger partial charge in [-0.15, -0.1) is 0 Å². The second-order valence-electron chi connectivity index (χ2n) is 10.5. The van der Waals surface area contributed by atoms with Gasteiger partial charge in [0.05, 0.1) is 12.9 Å². The predicted molar refractivity (Wildman–Crippen MR) is 136 cm³/mol. The van der Waals surface area contributed by atoms with Gasteiger partial charge in [-0.2, -0.15) is 0 Å². The van der Waals surface area contributed by atoms with Crippen LogP contribution in [-0.4, -0.2) is 96.5 Å². The number of hydrogen-bond acceptors (Lipinski definition) is 12. The number of anilines is 1. The molecular weight excluding hydrogens is 549 g/mol. The monoisotopic (exact) mass is 582 g/mol. The maximum atomic E-state index is 12.6. The lowest BCUT2D eigenvalue weighted by Crippen LogP contribution is -2.44. The van der Waals surface area contributed by atoms with E-state index in [1.54, 1.807) is 0 Å². The molecule has 40 heavy (non-hydrogen) atoms. The molecule has 3 fully saturated rings. The lowest BCUT2D eigenvalue weighted by molar-refractivity contribution is -0.202. The molecular formula is C23H33N7O9P-. The van der Waals surface area contributed by atoms with Gasteiger partial charge >= 0.3 is 12.0 Å². The van der Waals surface area contributed by atoms with Gasteiger partial charge in [0.2, 0.25) is 0 Å². The van der Waals surface area contributed by atoms with E-state index in [-0.39, 0.29) is 35.6 Å². The average molecular weight is 583 g/mol. The number of carboxylic acid groups (broad SMARTS) is 1. The Morgan fingerprint density at radius 3 is 2.73 bits per heavy atom. The number of imidazole rings is 1. The maximum absolute atomic E-state index is 12.6. The van der Waals surface area contributed by atoms with Crippen molar-refractivity contribution in [2.75, 3.05) is 24.6 Å². The molecule has 1 aliphatic carbocycles. The molecule has 2 aromatic rings. The van der Waals surface area contributed by atoms with Crippen molar-refractivity contribution in [1.29, 1.82) is 0 Å². The van der Waals surface area contributed by atoms with Crippen molar-refractivity contribution < 1.29 is 43.6 Å². The number of piperidine rings is 1. The number of aliphatic hydroxyl groups is 2. The Labute approximate surface area is 229 Å². The molecule has 3 aliphatic rings. The molecule has 1 saturated carbocycles. The Morgan fingerprint density at radius 2 is 1.98 bits per heavy atom. The first-order valence-electron chi connectivity index (χ1n) is 13.3. The molecule has 16 nitrogen and oxygen atoms in total. The van der Waals surface area contributed by atoms with Crippen molar-refractivity contribution >= 4 is 36.6 Å². The van der Waals surface area contributed by atoms with E-state index < -0.39 is 62.7 Å². The highest BCUT2D eigenvalue weighted by Crippen LogP contribution is 2.43. The Bertz CT molecular complexity index is 1270. The number of nitrogens with one attached hydrogen (secondary N) is 3. The van der Waals surface area contributed by atoms with Crippen molar-refractivity contribution in [1.82, 2.24) is 30.2 Å². The number of hydrogen-bond donors (Lipinski definition) is 6. The first-order chi connectivity index (χ1) is 19.1. The third kappa shape index (κ3) is 6.43. The zero-order chi connectivity index (χ0) is 28.4. The largest absolute Gasteiger partial charge is 0.778 e. The fourth-order valence-corrected chi connectivity index (χ4v) is 6.98. The molecule has 6 N–H and O–H groups in total. The summed E-state index contributed by atoms with van der Waals surface area (Å²) in [6, 6.07) is -1.14. The number of rotatable bonds is 9. The van der Waals surface area contributed by atoms with E-state index in [4.69, 9.17) is 9.26 Å². The van der Waals surface area contributed by atoms with Crippen molar-refractivity contribution in [2.24, 2.45) is 5.92 Å². The molecule has 2 amide bonds. The number of carbonyl (C=O) groups is 2. The number of fused-ring (bicyclic) bond motifs is 1. The first-order valence-corrected chi connectivity index (χ1v) is 15.0. The van der Waals surface area contributed by atoms with Crippen molar-refractivity contribution in [3.05, 3.63) is 12.7 Å². The summed E-state index contributed by atoms with van der Waals surface area (Å²) in [6.45, 7) is -0.163. The summed E-state index contributed by atoms with van der Waals surface area (Å²) in [5.74, 6) is -1.28. The van der Waals surface area contributed by atoms with Crippen LogP contribution < -0.4 is 20.8 Å². The second-order valence-corrected chi connectivity index (χ2v) is 12.3. The van der Waals surface area contributed by atoms with Crippen LogP contribution in [0.25, 0.3) is 11.2 Å². The van der Waals surface area contributed by atoms with Crippen LogP contribution in [0.2, 0.25) is 0 Å². The van der Waals surface area contributed by atoms with E-state index >= 15 is 0 Å². The maximum Gasteiger partial charge on any atom is 0.320 e. The normalized spacial score (nSPS) is 30.8. The molecule has 220 valence electrons. The highest BCUT2D eigenvalue weighted by molar-refractivity contribution is 7.51. The minimum atomic E-state index is -4.40. The highest BCUT2D eigenvalue weighted by atomic mass is 31.2. The number of urea groups is 1. The van der Waals surface area contributed by atoms with Crippen molar-refractivity contribution in [2.45, 2.75) is 75.1 Å². The lowest BCUT2D eigenvalue weighted by Gasteiger charge is -2.33. The molecule has 5 rings (SSSR count). The first kappa shape index (κ1) is 28.8. The number of aliphatic hydroxyl groups excluding tert-OH is 2. The van der Waals surface area contributed by atoms with Gasteiger partial charge in [0, 0.05) is 12.2 Å². The van der Waals surface area contributed by atoms with E-state index in [0.29, 0.717) is 13.0 Å². The second kappa shape index (κ2) is 12.0. The van der Waals surface area contributed by atoms with Crippen molar-refractivity contribution in [3.8, 4) is 0 Å². The van der Waals surface area contributed by atoms with Gasteiger partial charge < -0.3 is 44.7 Å². The smallest absolute Gasteiger partial charge is 0.320 e. The third-order valence-corrected chi connectivity index (χ3v) is 9.13. The zero-order valence-electron chi connectivity index (χ0n) is 21.6. The number of ether oxygens (including phenoxy) is 1. The summed E-state index contributed by atoms with van der Waals surface area (Å²) in [5.41, 5.74) is 0.456. The number of amides is 2. The number of carboxylic acids is 1. The van der Waals surface area contributed by atoms with Crippen LogP contribution >= 0.6 is 7.60 Å². The van der Waals surface area contributed by atoms with Crippen LogP contribution in [0.3, 0.4) is 0 Å². The van der Waals surface area contributed by atoms with Gasteiger partial charge in [-0.3, -0.25) is 14.7 Å². The topological polar surface area (TPSA) is 233 Å². The lowest BCUT2D eigenvalue weighted by atomic mass is 9.94. The van der Waals surface area contributed by atoms with Crippen LogP contribution in [0.4, 0.5) is 10.6 Å². The Kier molecular flexibility index (Phi) is 8.66. The van der Waals surface area contributed by atoms with Crippen LogP contribution in [0, 0.1) is 5.92 Å². The molecule has 0 aromatic carbocycles. The van der Waals surface area contributed by atoms with Crippen LogP contribution in [0.5, 0.6) is 0 Å². The average Bonchev–Trinajstić information content (AvgIpc) is 3.64. The minimum Gasteiger partial charge on any atom is -0.778 e.